The summed E-state index contributed by atoms with van der Waals surface area (Å²) in [6.45, 7) is 1.22. The van der Waals surface area contributed by atoms with E-state index in [1.165, 1.54) is 24.9 Å². The molecule has 0 amide bonds. The zero-order chi connectivity index (χ0) is 8.39. The Morgan fingerprint density at radius 2 is 2.20 bits per heavy atom. The van der Waals surface area contributed by atoms with E-state index >= 15 is 0 Å². The van der Waals surface area contributed by atoms with E-state index in [-0.39, 0.29) is 65.2 Å². The minimum Gasteiger partial charge on any atom is -0.299 e. The molecule has 2 atom stereocenters. The van der Waals surface area contributed by atoms with E-state index < -0.39 is 0 Å². The van der Waals surface area contributed by atoms with Crippen LogP contribution in [0.5, 0.6) is 0 Å². The van der Waals surface area contributed by atoms with Gasteiger partial charge in [-0.3, -0.25) is 9.88 Å². The Balaban J connectivity index is 0. The maximum Gasteiger partial charge on any atom is 0.0360 e. The van der Waals surface area contributed by atoms with Gasteiger partial charge in [0.05, 0.1) is 0 Å². The quantitative estimate of drug-likeness (QED) is 0.571. The number of likely N-dealkylation sites (tertiary alicyclic amines) is 1. The van der Waals surface area contributed by atoms with Gasteiger partial charge in [0.25, 0.3) is 0 Å². The van der Waals surface area contributed by atoms with Crippen LogP contribution in [0.4, 0.5) is 0 Å². The second-order valence-corrected chi connectivity index (χ2v) is 3.42. The molecule has 0 spiro atoms. The number of nitrogens with zero attached hydrogens (tertiary/aromatic N) is 2. The average molecular weight is 309 g/mol. The predicted molar refractivity (Wildman–Crippen MR) is 71.5 cm³/mol. The third-order valence-electron chi connectivity index (χ3n) is 2.59. The second-order valence-electron chi connectivity index (χ2n) is 3.42. The topological polar surface area (TPSA) is 16.1 Å². The summed E-state index contributed by atoms with van der Waals surface area (Å²) in [5, 5.41) is 0. The van der Waals surface area contributed by atoms with Crippen molar-refractivity contribution in [2.45, 2.75) is 18.9 Å². The molecule has 1 saturated heterocycles. The molecule has 2 unspecified atom stereocenters. The van der Waals surface area contributed by atoms with Gasteiger partial charge < -0.3 is 0 Å². The summed E-state index contributed by atoms with van der Waals surface area (Å²) in [5.74, 6) is 0. The Kier molecular flexibility index (Phi) is 11.7. The molecule has 1 aliphatic rings. The first kappa shape index (κ1) is 18.7. The van der Waals surface area contributed by atoms with Crippen molar-refractivity contribution in [3.63, 3.8) is 0 Å². The van der Waals surface area contributed by atoms with Crippen LogP contribution < -0.4 is 0 Å². The minimum atomic E-state index is 0. The average Bonchev–Trinajstić information content (AvgIpc) is 2.53. The Morgan fingerprint density at radius 1 is 1.47 bits per heavy atom. The summed E-state index contributed by atoms with van der Waals surface area (Å²) in [7, 11) is 2.19. The van der Waals surface area contributed by atoms with Crippen LogP contribution in [0.1, 0.15) is 24.4 Å². The maximum absolute atomic E-state index is 4.14. The Morgan fingerprint density at radius 3 is 2.67 bits per heavy atom. The van der Waals surface area contributed by atoms with Crippen LogP contribution in [-0.2, 0) is 0 Å². The number of hydrogen-bond acceptors (Lipinski definition) is 2. The molecule has 1 fully saturated rings. The van der Waals surface area contributed by atoms with Gasteiger partial charge in [0.15, 0.2) is 0 Å². The van der Waals surface area contributed by atoms with E-state index in [0.29, 0.717) is 6.04 Å². The molecule has 1 aliphatic heterocycles. The van der Waals surface area contributed by atoms with E-state index in [1.807, 2.05) is 18.5 Å². The van der Waals surface area contributed by atoms with Gasteiger partial charge in [0.2, 0.25) is 0 Å². The molecule has 2 rings (SSSR count). The molecule has 1 aromatic heterocycles. The van der Waals surface area contributed by atoms with Gasteiger partial charge in [0.1, 0.15) is 0 Å². The first-order chi connectivity index (χ1) is 5.88. The van der Waals surface area contributed by atoms with Crippen LogP contribution in [0, 0.1) is 0 Å². The summed E-state index contributed by atoms with van der Waals surface area (Å²) in [4.78, 5) is 6.54. The zero-order valence-electron chi connectivity index (χ0n) is 9.32. The Bertz CT molecular complexity index is 261. The first-order valence-corrected chi connectivity index (χ1v) is 4.48. The maximum atomic E-state index is 4.14. The molecule has 78 valence electrons. The first-order valence-electron chi connectivity index (χ1n) is 4.48. The molecule has 1 aromatic rings. The minimum absolute atomic E-state index is 0. The molecule has 2 heterocycles. The van der Waals surface area contributed by atoms with E-state index in [1.54, 1.807) is 0 Å². The summed E-state index contributed by atoms with van der Waals surface area (Å²) in [5.41, 5.74) is 1.36. The van der Waals surface area contributed by atoms with Crippen molar-refractivity contribution >= 4 is 65.2 Å². The molecule has 0 N–H and O–H groups in total. The fourth-order valence-electron chi connectivity index (χ4n) is 1.90. The molecule has 0 aromatic carbocycles. The van der Waals surface area contributed by atoms with E-state index in [2.05, 4.69) is 23.0 Å². The zero-order valence-corrected chi connectivity index (χ0v) is 15.0. The third-order valence-corrected chi connectivity index (χ3v) is 2.59. The summed E-state index contributed by atoms with van der Waals surface area (Å²) in [6.07, 6.45) is 6.41. The van der Waals surface area contributed by atoms with Crippen LogP contribution in [0.2, 0.25) is 0 Å². The fraction of sp³-hybridized carbons (Fsp3) is 0.500. The molecule has 0 saturated carbocycles. The van der Waals surface area contributed by atoms with Crippen molar-refractivity contribution in [3.05, 3.63) is 30.1 Å². The van der Waals surface area contributed by atoms with Crippen LogP contribution >= 0.6 is 9.90 Å². The van der Waals surface area contributed by atoms with Crippen LogP contribution in [0.25, 0.3) is 0 Å². The van der Waals surface area contributed by atoms with Gasteiger partial charge in [0, 0.05) is 73.8 Å². The van der Waals surface area contributed by atoms with Crippen molar-refractivity contribution in [1.82, 2.24) is 9.88 Å². The van der Waals surface area contributed by atoms with Crippen molar-refractivity contribution in [2.75, 3.05) is 13.6 Å². The van der Waals surface area contributed by atoms with E-state index in [4.69, 9.17) is 0 Å². The van der Waals surface area contributed by atoms with Gasteiger partial charge in [-0.15, -0.1) is 0 Å². The van der Waals surface area contributed by atoms with Gasteiger partial charge >= 0.3 is 0 Å². The molecular weight excluding hydrogens is 292 g/mol. The fourth-order valence-corrected chi connectivity index (χ4v) is 1.90. The smallest absolute Gasteiger partial charge is 0.0360 e. The largest absolute Gasteiger partial charge is 0.299 e. The van der Waals surface area contributed by atoms with Crippen molar-refractivity contribution in [1.29, 1.82) is 0 Å². The summed E-state index contributed by atoms with van der Waals surface area (Å²) in [6, 6.07) is 4.79. The van der Waals surface area contributed by atoms with Gasteiger partial charge in [-0.25, -0.2) is 0 Å². The normalized spacial score (nSPS) is 19.7. The van der Waals surface area contributed by atoms with Gasteiger partial charge in [-0.2, -0.15) is 9.90 Å². The number of hydrogen-bond donors (Lipinski definition) is 0. The molecule has 6 radical (unpaired) electrons. The monoisotopic (exact) mass is 310 g/mol. The number of pyridine rings is 1. The van der Waals surface area contributed by atoms with Crippen molar-refractivity contribution < 1.29 is 0 Å². The van der Waals surface area contributed by atoms with Crippen molar-refractivity contribution in [3.8, 4) is 0 Å². The van der Waals surface area contributed by atoms with E-state index in [0.717, 1.165) is 0 Å². The van der Waals surface area contributed by atoms with Crippen molar-refractivity contribution in [2.24, 2.45) is 0 Å². The van der Waals surface area contributed by atoms with E-state index in [9.17, 15) is 0 Å². The predicted octanol–water partition coefficient (Wildman–Crippen LogP) is 1.14. The Labute approximate surface area is 136 Å². The molecule has 2 nitrogen and oxygen atoms in total. The van der Waals surface area contributed by atoms with Crippen LogP contribution in [0.15, 0.2) is 24.5 Å². The Hall–Kier alpha value is 1.34. The number of rotatable bonds is 1. The molecule has 15 heavy (non-hydrogen) atoms. The van der Waals surface area contributed by atoms with Gasteiger partial charge in [-0.1, -0.05) is 6.07 Å². The number of aromatic nitrogens is 1. The molecule has 0 aliphatic carbocycles. The SMILES string of the molecule is CN1CCCC1c1cccnc1.P.[Ca].[Ge]. The second kappa shape index (κ2) is 9.38. The summed E-state index contributed by atoms with van der Waals surface area (Å²) >= 11 is 0. The third kappa shape index (κ3) is 5.01. The standard InChI is InChI=1S/C10H14N2.Ca.Ge.H3P/c1-12-7-3-5-10(12)9-4-2-6-11-8-9;;;/h2,4,6,8,10H,3,5,7H2,1H3;;;1H3. The molecule has 0 bridgehead atoms. The van der Waals surface area contributed by atoms with Crippen LogP contribution in [-0.4, -0.2) is 78.8 Å². The van der Waals surface area contributed by atoms with Gasteiger partial charge in [-0.05, 0) is 38.1 Å². The summed E-state index contributed by atoms with van der Waals surface area (Å²) < 4.78 is 0. The molecule has 5 heteroatoms. The van der Waals surface area contributed by atoms with Crippen LogP contribution in [0.3, 0.4) is 0 Å². The molecular formula is C10H17CaGeN2P.